The first-order valence-electron chi connectivity index (χ1n) is 7.53. The highest BCUT2D eigenvalue weighted by molar-refractivity contribution is 5.97. The molecule has 0 aliphatic carbocycles. The molecular formula is C17H24N2O2. The second-order valence-electron chi connectivity index (χ2n) is 5.06. The van der Waals surface area contributed by atoms with Crippen molar-refractivity contribution in [1.29, 1.82) is 0 Å². The second-order valence-corrected chi connectivity index (χ2v) is 5.06. The van der Waals surface area contributed by atoms with E-state index in [2.05, 4.69) is 25.2 Å². The molecule has 114 valence electrons. The molecule has 4 heteroatoms. The molecule has 0 saturated heterocycles. The Hall–Kier alpha value is -1.97. The summed E-state index contributed by atoms with van der Waals surface area (Å²) in [5, 5.41) is 4.51. The molecule has 0 fully saturated rings. The summed E-state index contributed by atoms with van der Waals surface area (Å²) in [4.78, 5) is 4.75. The smallest absolute Gasteiger partial charge is 0.134 e. The van der Waals surface area contributed by atoms with Gasteiger partial charge >= 0.3 is 0 Å². The molecule has 0 amide bonds. The van der Waals surface area contributed by atoms with Crippen LogP contribution in [0.5, 0.6) is 11.5 Å². The number of ether oxygens (including phenoxy) is 2. The third-order valence-corrected chi connectivity index (χ3v) is 3.43. The Morgan fingerprint density at radius 1 is 1.05 bits per heavy atom. The third kappa shape index (κ3) is 3.38. The van der Waals surface area contributed by atoms with Crippen LogP contribution in [0.4, 0.5) is 5.69 Å². The van der Waals surface area contributed by atoms with Crippen molar-refractivity contribution in [3.8, 4) is 11.5 Å². The Bertz CT molecular complexity index is 611. The molecule has 0 atom stereocenters. The molecule has 4 nitrogen and oxygen atoms in total. The van der Waals surface area contributed by atoms with Crippen LogP contribution in [0.15, 0.2) is 18.2 Å². The van der Waals surface area contributed by atoms with Crippen LogP contribution >= 0.6 is 0 Å². The average molecular weight is 288 g/mol. The summed E-state index contributed by atoms with van der Waals surface area (Å²) in [6.45, 7) is 5.25. The van der Waals surface area contributed by atoms with Gasteiger partial charge in [-0.1, -0.05) is 20.3 Å². The van der Waals surface area contributed by atoms with Crippen molar-refractivity contribution in [1.82, 2.24) is 4.98 Å². The molecule has 0 spiro atoms. The van der Waals surface area contributed by atoms with Gasteiger partial charge in [-0.05, 0) is 18.9 Å². The van der Waals surface area contributed by atoms with Crippen molar-refractivity contribution in [2.45, 2.75) is 33.1 Å². The second kappa shape index (κ2) is 7.16. The maximum absolute atomic E-state index is 5.53. The van der Waals surface area contributed by atoms with E-state index in [0.29, 0.717) is 0 Å². The summed E-state index contributed by atoms with van der Waals surface area (Å²) >= 11 is 0. The van der Waals surface area contributed by atoms with Crippen LogP contribution in [0.1, 0.15) is 32.4 Å². The zero-order valence-electron chi connectivity index (χ0n) is 13.3. The largest absolute Gasteiger partial charge is 0.497 e. The van der Waals surface area contributed by atoms with Gasteiger partial charge in [-0.2, -0.15) is 0 Å². The van der Waals surface area contributed by atoms with Crippen LogP contribution in [0.25, 0.3) is 10.9 Å². The van der Waals surface area contributed by atoms with Crippen molar-refractivity contribution >= 4 is 16.6 Å². The summed E-state index contributed by atoms with van der Waals surface area (Å²) in [5.74, 6) is 1.56. The molecule has 1 aromatic heterocycles. The third-order valence-electron chi connectivity index (χ3n) is 3.43. The van der Waals surface area contributed by atoms with Gasteiger partial charge in [-0.3, -0.25) is 4.98 Å². The Balaban J connectivity index is 2.64. The Kier molecular flexibility index (Phi) is 5.26. The van der Waals surface area contributed by atoms with Crippen LogP contribution in [0, 0.1) is 0 Å². The van der Waals surface area contributed by atoms with Crippen LogP contribution in [0.3, 0.4) is 0 Å². The number of nitrogens with one attached hydrogen (secondary N) is 1. The number of fused-ring (bicyclic) bond motifs is 1. The molecule has 1 N–H and O–H groups in total. The molecular weight excluding hydrogens is 264 g/mol. The maximum atomic E-state index is 5.53. The highest BCUT2D eigenvalue weighted by Gasteiger charge is 2.12. The van der Waals surface area contributed by atoms with Gasteiger partial charge in [-0.15, -0.1) is 0 Å². The minimum Gasteiger partial charge on any atom is -0.497 e. The molecule has 0 bridgehead atoms. The number of aryl methyl sites for hydroxylation is 1. The lowest BCUT2D eigenvalue weighted by Gasteiger charge is -2.15. The van der Waals surface area contributed by atoms with Gasteiger partial charge in [0.15, 0.2) is 0 Å². The minimum absolute atomic E-state index is 0.766. The Morgan fingerprint density at radius 2 is 1.86 bits per heavy atom. The van der Waals surface area contributed by atoms with Crippen molar-refractivity contribution in [2.75, 3.05) is 26.1 Å². The van der Waals surface area contributed by atoms with E-state index >= 15 is 0 Å². The van der Waals surface area contributed by atoms with Crippen LogP contribution < -0.4 is 14.8 Å². The Morgan fingerprint density at radius 3 is 2.48 bits per heavy atom. The number of benzene rings is 1. The van der Waals surface area contributed by atoms with E-state index in [4.69, 9.17) is 14.5 Å². The van der Waals surface area contributed by atoms with Gasteiger partial charge in [-0.25, -0.2) is 0 Å². The number of methoxy groups -OCH3 is 2. The lowest BCUT2D eigenvalue weighted by atomic mass is 10.1. The van der Waals surface area contributed by atoms with E-state index in [0.717, 1.165) is 59.6 Å². The summed E-state index contributed by atoms with van der Waals surface area (Å²) in [5.41, 5.74) is 3.10. The molecule has 1 aromatic carbocycles. The highest BCUT2D eigenvalue weighted by atomic mass is 16.5. The van der Waals surface area contributed by atoms with Crippen LogP contribution in [-0.4, -0.2) is 25.7 Å². The predicted octanol–water partition coefficient (Wildman–Crippen LogP) is 4.03. The molecule has 0 radical (unpaired) electrons. The number of hydrogen-bond donors (Lipinski definition) is 1. The van der Waals surface area contributed by atoms with Crippen molar-refractivity contribution in [2.24, 2.45) is 0 Å². The summed E-state index contributed by atoms with van der Waals surface area (Å²) in [6.07, 6.45) is 3.12. The Labute approximate surface area is 126 Å². The summed E-state index contributed by atoms with van der Waals surface area (Å²) < 4.78 is 10.9. The number of pyridine rings is 1. The SMILES string of the molecule is CCCNc1cc(CCC)nc2cc(OC)cc(OC)c12. The molecule has 1 heterocycles. The number of rotatable bonds is 7. The molecule has 2 aromatic rings. The van der Waals surface area contributed by atoms with Gasteiger partial charge in [0.2, 0.25) is 0 Å². The first-order chi connectivity index (χ1) is 10.2. The lowest BCUT2D eigenvalue weighted by Crippen LogP contribution is -2.04. The number of nitrogens with zero attached hydrogens (tertiary/aromatic N) is 1. The monoisotopic (exact) mass is 288 g/mol. The number of hydrogen-bond acceptors (Lipinski definition) is 4. The van der Waals surface area contributed by atoms with Crippen molar-refractivity contribution in [3.63, 3.8) is 0 Å². The van der Waals surface area contributed by atoms with E-state index < -0.39 is 0 Å². The van der Waals surface area contributed by atoms with E-state index in [1.807, 2.05) is 12.1 Å². The number of aromatic nitrogens is 1. The van der Waals surface area contributed by atoms with Gasteiger partial charge in [0, 0.05) is 30.1 Å². The highest BCUT2D eigenvalue weighted by Crippen LogP contribution is 2.36. The predicted molar refractivity (Wildman–Crippen MR) is 87.6 cm³/mol. The fraction of sp³-hybridized carbons (Fsp3) is 0.471. The van der Waals surface area contributed by atoms with Gasteiger partial charge in [0.25, 0.3) is 0 Å². The molecule has 0 saturated carbocycles. The molecule has 0 aliphatic rings. The molecule has 0 unspecified atom stereocenters. The van der Waals surface area contributed by atoms with Crippen molar-refractivity contribution < 1.29 is 9.47 Å². The topological polar surface area (TPSA) is 43.4 Å². The van der Waals surface area contributed by atoms with E-state index in [1.165, 1.54) is 0 Å². The fourth-order valence-corrected chi connectivity index (χ4v) is 2.42. The average Bonchev–Trinajstić information content (AvgIpc) is 2.51. The molecule has 2 rings (SSSR count). The van der Waals surface area contributed by atoms with Crippen LogP contribution in [0.2, 0.25) is 0 Å². The van der Waals surface area contributed by atoms with Crippen molar-refractivity contribution in [3.05, 3.63) is 23.9 Å². The van der Waals surface area contributed by atoms with E-state index in [9.17, 15) is 0 Å². The zero-order chi connectivity index (χ0) is 15.2. The number of anilines is 1. The maximum Gasteiger partial charge on any atom is 0.134 e. The summed E-state index contributed by atoms with van der Waals surface area (Å²) in [6, 6.07) is 6.01. The van der Waals surface area contributed by atoms with E-state index in [1.54, 1.807) is 14.2 Å². The van der Waals surface area contributed by atoms with Crippen LogP contribution in [-0.2, 0) is 6.42 Å². The first-order valence-corrected chi connectivity index (χ1v) is 7.53. The first kappa shape index (κ1) is 15.4. The fourth-order valence-electron chi connectivity index (χ4n) is 2.42. The van der Waals surface area contributed by atoms with Gasteiger partial charge in [0.05, 0.1) is 25.1 Å². The van der Waals surface area contributed by atoms with Gasteiger partial charge in [0.1, 0.15) is 11.5 Å². The normalized spacial score (nSPS) is 10.7. The summed E-state index contributed by atoms with van der Waals surface area (Å²) in [7, 11) is 3.34. The zero-order valence-corrected chi connectivity index (χ0v) is 13.3. The van der Waals surface area contributed by atoms with Gasteiger partial charge < -0.3 is 14.8 Å². The molecule has 0 aliphatic heterocycles. The van der Waals surface area contributed by atoms with E-state index in [-0.39, 0.29) is 0 Å². The minimum atomic E-state index is 0.766. The quantitative estimate of drug-likeness (QED) is 0.835. The standard InChI is InChI=1S/C17H24N2O2/c1-5-7-12-9-14(18-8-6-2)17-15(19-12)10-13(20-3)11-16(17)21-4/h9-11H,5-8H2,1-4H3,(H,18,19). The lowest BCUT2D eigenvalue weighted by molar-refractivity contribution is 0.398. The molecule has 21 heavy (non-hydrogen) atoms.